The van der Waals surface area contributed by atoms with E-state index in [2.05, 4.69) is 4.98 Å². The van der Waals surface area contributed by atoms with Crippen molar-refractivity contribution >= 4 is 17.6 Å². The Kier molecular flexibility index (Phi) is 6.97. The number of carboxylic acid groups (broad SMARTS) is 1. The van der Waals surface area contributed by atoms with Crippen molar-refractivity contribution in [2.75, 3.05) is 7.11 Å². The van der Waals surface area contributed by atoms with E-state index >= 15 is 0 Å². The minimum Gasteiger partial charge on any atom is -0.478 e. The molecule has 158 valence electrons. The number of aromatic nitrogens is 1. The van der Waals surface area contributed by atoms with Crippen molar-refractivity contribution in [2.45, 2.75) is 38.1 Å². The summed E-state index contributed by atoms with van der Waals surface area (Å²) in [5.74, 6) is -0.923. The lowest BCUT2D eigenvalue weighted by atomic mass is 9.96. The highest BCUT2D eigenvalue weighted by atomic mass is 35.5. The van der Waals surface area contributed by atoms with Crippen LogP contribution in [0.25, 0.3) is 0 Å². The number of nitrogens with zero attached hydrogens (tertiary/aromatic N) is 1. The Labute approximate surface area is 170 Å². The van der Waals surface area contributed by atoms with Gasteiger partial charge in [-0.25, -0.2) is 9.78 Å². The number of pyridine rings is 1. The zero-order valence-electron chi connectivity index (χ0n) is 15.8. The summed E-state index contributed by atoms with van der Waals surface area (Å²) in [5, 5.41) is 9.25. The summed E-state index contributed by atoms with van der Waals surface area (Å²) < 4.78 is 54.2. The minimum atomic E-state index is -4.57. The first-order valence-corrected chi connectivity index (χ1v) is 8.85. The van der Waals surface area contributed by atoms with Crippen LogP contribution in [-0.2, 0) is 15.7 Å². The zero-order chi connectivity index (χ0) is 21.8. The van der Waals surface area contributed by atoms with Crippen LogP contribution in [0.5, 0.6) is 17.4 Å². The summed E-state index contributed by atoms with van der Waals surface area (Å²) in [6.07, 6.45) is -4.22. The molecule has 2 aromatic rings. The van der Waals surface area contributed by atoms with Gasteiger partial charge in [-0.15, -0.1) is 0 Å². The van der Waals surface area contributed by atoms with Crippen LogP contribution in [0.15, 0.2) is 36.5 Å². The van der Waals surface area contributed by atoms with E-state index in [-0.39, 0.29) is 22.4 Å². The summed E-state index contributed by atoms with van der Waals surface area (Å²) in [5.41, 5.74) is -2.61. The van der Waals surface area contributed by atoms with Crippen molar-refractivity contribution in [1.82, 2.24) is 4.98 Å². The topological polar surface area (TPSA) is 77.9 Å². The van der Waals surface area contributed by atoms with Crippen molar-refractivity contribution < 1.29 is 37.3 Å². The number of halogens is 4. The third kappa shape index (κ3) is 5.30. The average Bonchev–Trinajstić information content (AvgIpc) is 2.65. The Hall–Kier alpha value is -2.52. The highest BCUT2D eigenvalue weighted by Crippen LogP contribution is 2.35. The molecule has 0 spiro atoms. The Morgan fingerprint density at radius 3 is 2.28 bits per heavy atom. The van der Waals surface area contributed by atoms with Gasteiger partial charge in [0.15, 0.2) is 0 Å². The van der Waals surface area contributed by atoms with Gasteiger partial charge < -0.3 is 19.3 Å². The fourth-order valence-corrected chi connectivity index (χ4v) is 2.82. The molecule has 0 aliphatic rings. The second-order valence-corrected chi connectivity index (χ2v) is 6.64. The van der Waals surface area contributed by atoms with Crippen LogP contribution in [0.4, 0.5) is 13.2 Å². The molecule has 0 saturated carbocycles. The molecule has 1 aromatic carbocycles. The molecule has 0 saturated heterocycles. The van der Waals surface area contributed by atoms with E-state index in [1.54, 1.807) is 6.92 Å². The molecule has 0 radical (unpaired) electrons. The molecular weight excluding hydrogens is 415 g/mol. The molecule has 10 heteroatoms. The monoisotopic (exact) mass is 433 g/mol. The predicted molar refractivity (Wildman–Crippen MR) is 98.5 cm³/mol. The van der Waals surface area contributed by atoms with Gasteiger partial charge in [0.05, 0.1) is 5.56 Å². The summed E-state index contributed by atoms with van der Waals surface area (Å²) in [4.78, 5) is 15.3. The van der Waals surface area contributed by atoms with Gasteiger partial charge in [0.1, 0.15) is 22.6 Å². The largest absolute Gasteiger partial charge is 0.478 e. The average molecular weight is 434 g/mol. The Morgan fingerprint density at radius 1 is 1.24 bits per heavy atom. The highest BCUT2D eigenvalue weighted by Gasteiger charge is 2.43. The highest BCUT2D eigenvalue weighted by molar-refractivity contribution is 6.31. The van der Waals surface area contributed by atoms with E-state index in [0.717, 1.165) is 6.07 Å². The maximum atomic E-state index is 12.7. The van der Waals surface area contributed by atoms with E-state index in [4.69, 9.17) is 25.8 Å². The first-order chi connectivity index (χ1) is 13.5. The van der Waals surface area contributed by atoms with Gasteiger partial charge in [0.2, 0.25) is 11.5 Å². The van der Waals surface area contributed by atoms with E-state index < -0.39 is 29.4 Å². The number of carboxylic acids is 1. The third-order valence-electron chi connectivity index (χ3n) is 4.20. The van der Waals surface area contributed by atoms with Crippen LogP contribution < -0.4 is 9.47 Å². The molecule has 0 fully saturated rings. The Balaban J connectivity index is 2.17. The molecule has 0 amide bonds. The lowest BCUT2D eigenvalue weighted by Crippen LogP contribution is -2.52. The van der Waals surface area contributed by atoms with E-state index in [0.29, 0.717) is 12.6 Å². The predicted octanol–water partition coefficient (Wildman–Crippen LogP) is 5.19. The van der Waals surface area contributed by atoms with Crippen LogP contribution in [0.3, 0.4) is 0 Å². The number of hydrogen-bond donors (Lipinski definition) is 1. The summed E-state index contributed by atoms with van der Waals surface area (Å²) in [6, 6.07) is 6.52. The molecule has 2 rings (SSSR count). The van der Waals surface area contributed by atoms with Gasteiger partial charge in [-0.3, -0.25) is 0 Å². The number of rotatable bonds is 8. The van der Waals surface area contributed by atoms with Gasteiger partial charge in [-0.05, 0) is 43.7 Å². The van der Waals surface area contributed by atoms with Crippen molar-refractivity contribution in [3.63, 3.8) is 0 Å². The molecule has 6 nitrogen and oxygen atoms in total. The second-order valence-electron chi connectivity index (χ2n) is 6.23. The number of carbonyl (C=O) groups is 1. The van der Waals surface area contributed by atoms with E-state index in [1.165, 1.54) is 38.3 Å². The normalized spacial score (nSPS) is 14.7. The fourth-order valence-electron chi connectivity index (χ4n) is 2.62. The first-order valence-electron chi connectivity index (χ1n) is 8.47. The minimum absolute atomic E-state index is 0.200. The molecule has 2 unspecified atom stereocenters. The molecule has 1 heterocycles. The van der Waals surface area contributed by atoms with Gasteiger partial charge >= 0.3 is 12.1 Å². The maximum absolute atomic E-state index is 12.7. The van der Waals surface area contributed by atoms with E-state index in [9.17, 15) is 23.1 Å². The summed E-state index contributed by atoms with van der Waals surface area (Å²) >= 11 is 5.81. The lowest BCUT2D eigenvalue weighted by molar-refractivity contribution is -0.166. The van der Waals surface area contributed by atoms with Crippen molar-refractivity contribution in [1.29, 1.82) is 0 Å². The Bertz CT molecular complexity index is 856. The van der Waals surface area contributed by atoms with Crippen LogP contribution in [-0.4, -0.2) is 34.9 Å². The molecule has 0 bridgehead atoms. The second kappa shape index (κ2) is 8.87. The van der Waals surface area contributed by atoms with Gasteiger partial charge in [0, 0.05) is 13.3 Å². The molecular formula is C19H19ClF3NO5. The van der Waals surface area contributed by atoms with Crippen molar-refractivity contribution in [3.8, 4) is 17.4 Å². The van der Waals surface area contributed by atoms with Gasteiger partial charge in [-0.2, -0.15) is 13.2 Å². The third-order valence-corrected chi connectivity index (χ3v) is 4.47. The standard InChI is InChI=1S/C19H19ClF3NO5/c1-4-15(27-3)18(2,17(25)26)29-13-7-5-12(6-8-13)28-16-14(20)9-11(10-24-16)19(21,22)23/h5-10,15H,4H2,1-3H3,(H,25,26). The number of benzene rings is 1. The van der Waals surface area contributed by atoms with Crippen LogP contribution in [0.2, 0.25) is 5.02 Å². The Morgan fingerprint density at radius 2 is 1.83 bits per heavy atom. The smallest absolute Gasteiger partial charge is 0.417 e. The quantitative estimate of drug-likeness (QED) is 0.617. The number of methoxy groups -OCH3 is 1. The molecule has 29 heavy (non-hydrogen) atoms. The maximum Gasteiger partial charge on any atom is 0.417 e. The van der Waals surface area contributed by atoms with Crippen LogP contribution >= 0.6 is 11.6 Å². The molecule has 0 aliphatic heterocycles. The van der Waals surface area contributed by atoms with E-state index in [1.807, 2.05) is 0 Å². The van der Waals surface area contributed by atoms with Gasteiger partial charge in [-0.1, -0.05) is 18.5 Å². The number of ether oxygens (including phenoxy) is 3. The number of aliphatic carboxylic acids is 1. The SMILES string of the molecule is CCC(OC)C(C)(Oc1ccc(Oc2ncc(C(F)(F)F)cc2Cl)cc1)C(=O)O. The molecule has 1 N–H and O–H groups in total. The van der Waals surface area contributed by atoms with Crippen molar-refractivity contribution in [3.05, 3.63) is 47.1 Å². The molecule has 2 atom stereocenters. The summed E-state index contributed by atoms with van der Waals surface area (Å²) in [6.45, 7) is 3.18. The zero-order valence-corrected chi connectivity index (χ0v) is 16.5. The number of hydrogen-bond acceptors (Lipinski definition) is 5. The van der Waals surface area contributed by atoms with Crippen molar-refractivity contribution in [2.24, 2.45) is 0 Å². The lowest BCUT2D eigenvalue weighted by Gasteiger charge is -2.32. The van der Waals surface area contributed by atoms with Crippen LogP contribution in [0.1, 0.15) is 25.8 Å². The fraction of sp³-hybridized carbons (Fsp3) is 0.368. The first kappa shape index (κ1) is 22.8. The molecule has 1 aromatic heterocycles. The van der Waals surface area contributed by atoms with Gasteiger partial charge in [0.25, 0.3) is 0 Å². The van der Waals surface area contributed by atoms with Crippen LogP contribution in [0, 0.1) is 0 Å². The summed E-state index contributed by atoms with van der Waals surface area (Å²) in [7, 11) is 1.40. The number of alkyl halides is 3. The molecule has 0 aliphatic carbocycles.